The molecular formula is C23H17BrClN3O. The molecular weight excluding hydrogens is 450 g/mol. The second kappa shape index (κ2) is 8.23. The van der Waals surface area contributed by atoms with Crippen LogP contribution in [0.2, 0.25) is 5.02 Å². The van der Waals surface area contributed by atoms with Gasteiger partial charge in [-0.25, -0.2) is 4.98 Å². The second-order valence-electron chi connectivity index (χ2n) is 6.57. The van der Waals surface area contributed by atoms with Crippen LogP contribution in [0.1, 0.15) is 15.9 Å². The summed E-state index contributed by atoms with van der Waals surface area (Å²) in [7, 11) is 0. The van der Waals surface area contributed by atoms with Crippen molar-refractivity contribution in [3.8, 4) is 22.6 Å². The molecule has 0 fully saturated rings. The SMILES string of the molecule is Cc1c(Br)cccc1C(=O)Nc1ccc(Cl)c(-c2ncc(-c3ccccc3)[nH]2)c1. The normalized spacial score (nSPS) is 10.7. The van der Waals surface area contributed by atoms with Crippen LogP contribution in [-0.4, -0.2) is 15.9 Å². The van der Waals surface area contributed by atoms with E-state index in [1.54, 1.807) is 24.4 Å². The number of carbonyl (C=O) groups is 1. The molecule has 0 aliphatic rings. The van der Waals surface area contributed by atoms with E-state index in [-0.39, 0.29) is 5.91 Å². The van der Waals surface area contributed by atoms with Crippen LogP contribution in [0.15, 0.2) is 77.4 Å². The maximum absolute atomic E-state index is 12.7. The Morgan fingerprint density at radius 2 is 1.86 bits per heavy atom. The number of aromatic nitrogens is 2. The van der Waals surface area contributed by atoms with Gasteiger partial charge in [0.05, 0.1) is 16.9 Å². The van der Waals surface area contributed by atoms with Gasteiger partial charge in [0, 0.05) is 21.3 Å². The number of halogens is 2. The molecule has 0 saturated carbocycles. The Balaban J connectivity index is 1.62. The van der Waals surface area contributed by atoms with Gasteiger partial charge in [0.2, 0.25) is 0 Å². The molecule has 144 valence electrons. The molecule has 2 N–H and O–H groups in total. The van der Waals surface area contributed by atoms with E-state index in [9.17, 15) is 4.79 Å². The van der Waals surface area contributed by atoms with E-state index in [0.717, 1.165) is 26.9 Å². The quantitative estimate of drug-likeness (QED) is 0.351. The van der Waals surface area contributed by atoms with Gasteiger partial charge in [-0.1, -0.05) is 63.9 Å². The number of carbonyl (C=O) groups excluding carboxylic acids is 1. The summed E-state index contributed by atoms with van der Waals surface area (Å²) in [5.41, 5.74) is 4.80. The lowest BCUT2D eigenvalue weighted by atomic mass is 10.1. The van der Waals surface area contributed by atoms with Crippen LogP contribution >= 0.6 is 27.5 Å². The molecule has 4 rings (SSSR count). The summed E-state index contributed by atoms with van der Waals surface area (Å²) < 4.78 is 0.894. The number of benzene rings is 3. The molecule has 1 heterocycles. The van der Waals surface area contributed by atoms with E-state index >= 15 is 0 Å². The number of hydrogen-bond acceptors (Lipinski definition) is 2. The topological polar surface area (TPSA) is 57.8 Å². The van der Waals surface area contributed by atoms with E-state index < -0.39 is 0 Å². The molecule has 0 bridgehead atoms. The highest BCUT2D eigenvalue weighted by Gasteiger charge is 2.14. The van der Waals surface area contributed by atoms with Crippen LogP contribution in [0.25, 0.3) is 22.6 Å². The fourth-order valence-corrected chi connectivity index (χ4v) is 3.63. The summed E-state index contributed by atoms with van der Waals surface area (Å²) in [4.78, 5) is 20.5. The van der Waals surface area contributed by atoms with Gasteiger partial charge in [-0.3, -0.25) is 4.79 Å². The summed E-state index contributed by atoms with van der Waals surface area (Å²) in [6.07, 6.45) is 1.77. The molecule has 0 saturated heterocycles. The van der Waals surface area contributed by atoms with E-state index in [2.05, 4.69) is 31.2 Å². The molecule has 1 aromatic heterocycles. The van der Waals surface area contributed by atoms with Crippen molar-refractivity contribution in [1.82, 2.24) is 9.97 Å². The molecule has 4 aromatic rings. The lowest BCUT2D eigenvalue weighted by Crippen LogP contribution is -2.13. The van der Waals surface area contributed by atoms with Crippen LogP contribution in [0.4, 0.5) is 5.69 Å². The van der Waals surface area contributed by atoms with Crippen LogP contribution in [0, 0.1) is 6.92 Å². The number of anilines is 1. The summed E-state index contributed by atoms with van der Waals surface area (Å²) in [6.45, 7) is 1.90. The standard InChI is InChI=1S/C23H17BrClN3O/c1-14-17(8-5-9-19(14)24)23(29)27-16-10-11-20(25)18(12-16)22-26-13-21(28-22)15-6-3-2-4-7-15/h2-13H,1H3,(H,26,28)(H,27,29). The van der Waals surface area contributed by atoms with Gasteiger partial charge in [-0.05, 0) is 48.4 Å². The highest BCUT2D eigenvalue weighted by Crippen LogP contribution is 2.31. The highest BCUT2D eigenvalue weighted by molar-refractivity contribution is 9.10. The first-order valence-electron chi connectivity index (χ1n) is 9.00. The van der Waals surface area contributed by atoms with Crippen LogP contribution in [0.5, 0.6) is 0 Å². The molecule has 3 aromatic carbocycles. The monoisotopic (exact) mass is 465 g/mol. The smallest absolute Gasteiger partial charge is 0.255 e. The number of nitrogens with one attached hydrogen (secondary N) is 2. The van der Waals surface area contributed by atoms with Gasteiger partial charge in [-0.2, -0.15) is 0 Å². The third-order valence-electron chi connectivity index (χ3n) is 4.65. The van der Waals surface area contributed by atoms with Crippen molar-refractivity contribution in [1.29, 1.82) is 0 Å². The zero-order chi connectivity index (χ0) is 20.4. The first-order chi connectivity index (χ1) is 14.0. The number of rotatable bonds is 4. The predicted molar refractivity (Wildman–Crippen MR) is 121 cm³/mol. The maximum atomic E-state index is 12.7. The van der Waals surface area contributed by atoms with Gasteiger partial charge in [0.25, 0.3) is 5.91 Å². The summed E-state index contributed by atoms with van der Waals surface area (Å²) >= 11 is 9.87. The number of nitrogens with zero attached hydrogens (tertiary/aromatic N) is 1. The van der Waals surface area contributed by atoms with Crippen LogP contribution in [-0.2, 0) is 0 Å². The minimum absolute atomic E-state index is 0.179. The number of hydrogen-bond donors (Lipinski definition) is 2. The number of amides is 1. The van der Waals surface area contributed by atoms with Gasteiger partial charge in [0.1, 0.15) is 5.82 Å². The van der Waals surface area contributed by atoms with Crippen molar-refractivity contribution in [2.75, 3.05) is 5.32 Å². The third kappa shape index (κ3) is 4.11. The molecule has 29 heavy (non-hydrogen) atoms. The van der Waals surface area contributed by atoms with Gasteiger partial charge in [-0.15, -0.1) is 0 Å². The van der Waals surface area contributed by atoms with Crippen molar-refractivity contribution in [2.45, 2.75) is 6.92 Å². The fourth-order valence-electron chi connectivity index (χ4n) is 3.06. The van der Waals surface area contributed by atoms with E-state index in [0.29, 0.717) is 22.1 Å². The van der Waals surface area contributed by atoms with Crippen molar-refractivity contribution >= 4 is 39.1 Å². The van der Waals surface area contributed by atoms with Crippen molar-refractivity contribution < 1.29 is 4.79 Å². The Morgan fingerprint density at radius 3 is 2.66 bits per heavy atom. The number of aromatic amines is 1. The van der Waals surface area contributed by atoms with Crippen molar-refractivity contribution in [3.63, 3.8) is 0 Å². The second-order valence-corrected chi connectivity index (χ2v) is 7.83. The summed E-state index contributed by atoms with van der Waals surface area (Å²) in [5, 5.41) is 3.49. The van der Waals surface area contributed by atoms with Crippen molar-refractivity contribution in [3.05, 3.63) is 93.5 Å². The molecule has 4 nitrogen and oxygen atoms in total. The first kappa shape index (κ1) is 19.4. The molecule has 0 aliphatic heterocycles. The molecule has 6 heteroatoms. The molecule has 0 atom stereocenters. The van der Waals surface area contributed by atoms with E-state index in [4.69, 9.17) is 11.6 Å². The first-order valence-corrected chi connectivity index (χ1v) is 10.2. The van der Waals surface area contributed by atoms with Crippen LogP contribution in [0.3, 0.4) is 0 Å². The average Bonchev–Trinajstić information content (AvgIpc) is 3.22. The minimum Gasteiger partial charge on any atom is -0.338 e. The van der Waals surface area contributed by atoms with Gasteiger partial charge in [0.15, 0.2) is 0 Å². The van der Waals surface area contributed by atoms with E-state index in [1.165, 1.54) is 0 Å². The molecule has 0 radical (unpaired) electrons. The Hall–Kier alpha value is -2.89. The largest absolute Gasteiger partial charge is 0.338 e. The fraction of sp³-hybridized carbons (Fsp3) is 0.0435. The lowest BCUT2D eigenvalue weighted by molar-refractivity contribution is 0.102. The van der Waals surface area contributed by atoms with Gasteiger partial charge < -0.3 is 10.3 Å². The Bertz CT molecular complexity index is 1190. The summed E-state index contributed by atoms with van der Waals surface area (Å²) in [5.74, 6) is 0.463. The zero-order valence-corrected chi connectivity index (χ0v) is 17.9. The highest BCUT2D eigenvalue weighted by atomic mass is 79.9. The number of H-pyrrole nitrogens is 1. The minimum atomic E-state index is -0.179. The predicted octanol–water partition coefficient (Wildman–Crippen LogP) is 6.72. The zero-order valence-electron chi connectivity index (χ0n) is 15.5. The molecule has 0 spiro atoms. The summed E-state index contributed by atoms with van der Waals surface area (Å²) in [6, 6.07) is 20.8. The third-order valence-corrected chi connectivity index (χ3v) is 5.84. The average molecular weight is 467 g/mol. The molecule has 0 aliphatic carbocycles. The Morgan fingerprint density at radius 1 is 1.07 bits per heavy atom. The van der Waals surface area contributed by atoms with E-state index in [1.807, 2.05) is 55.5 Å². The molecule has 0 unspecified atom stereocenters. The number of imidazole rings is 1. The Kier molecular flexibility index (Phi) is 5.51. The van der Waals surface area contributed by atoms with Crippen LogP contribution < -0.4 is 5.32 Å². The van der Waals surface area contributed by atoms with Gasteiger partial charge >= 0.3 is 0 Å². The molecule has 1 amide bonds. The lowest BCUT2D eigenvalue weighted by Gasteiger charge is -2.10. The Labute approximate surface area is 182 Å². The maximum Gasteiger partial charge on any atom is 0.255 e. The van der Waals surface area contributed by atoms with Crippen molar-refractivity contribution in [2.24, 2.45) is 0 Å².